The van der Waals surface area contributed by atoms with Gasteiger partial charge in [-0.2, -0.15) is 0 Å². The first-order valence-corrected chi connectivity index (χ1v) is 8.95. The lowest BCUT2D eigenvalue weighted by atomic mass is 9.94. The lowest BCUT2D eigenvalue weighted by Gasteiger charge is -2.22. The zero-order valence-corrected chi connectivity index (χ0v) is 16.3. The van der Waals surface area contributed by atoms with Gasteiger partial charge in [0, 0.05) is 24.7 Å². The number of benzene rings is 1. The van der Waals surface area contributed by atoms with Crippen molar-refractivity contribution in [2.75, 3.05) is 18.9 Å². The van der Waals surface area contributed by atoms with Crippen LogP contribution in [0, 0.1) is 0 Å². The van der Waals surface area contributed by atoms with E-state index in [2.05, 4.69) is 10.6 Å². The topological polar surface area (TPSA) is 114 Å². The summed E-state index contributed by atoms with van der Waals surface area (Å²) in [4.78, 5) is 49.6. The molecule has 9 nitrogen and oxygen atoms in total. The highest BCUT2D eigenvalue weighted by molar-refractivity contribution is 6.06. The molecule has 2 N–H and O–H groups in total. The number of nitrogens with zero attached hydrogens (tertiary/aromatic N) is 1. The maximum atomic E-state index is 13.0. The number of imide groups is 1. The van der Waals surface area contributed by atoms with Crippen LogP contribution >= 0.6 is 0 Å². The molecule has 1 heterocycles. The van der Waals surface area contributed by atoms with Crippen LogP contribution in [0.1, 0.15) is 38.3 Å². The van der Waals surface area contributed by atoms with Crippen molar-refractivity contribution in [1.82, 2.24) is 10.2 Å². The van der Waals surface area contributed by atoms with Crippen molar-refractivity contribution in [3.63, 3.8) is 0 Å². The van der Waals surface area contributed by atoms with Crippen LogP contribution in [0.3, 0.4) is 0 Å². The van der Waals surface area contributed by atoms with E-state index in [-0.39, 0.29) is 12.5 Å². The summed E-state index contributed by atoms with van der Waals surface area (Å²) in [7, 11) is 1.51. The maximum absolute atomic E-state index is 13.0. The molecular weight excluding hydrogens is 366 g/mol. The summed E-state index contributed by atoms with van der Waals surface area (Å²) in [6, 6.07) is 4.69. The fourth-order valence-electron chi connectivity index (χ4n) is 3.43. The molecule has 4 amide bonds. The summed E-state index contributed by atoms with van der Waals surface area (Å²) in [5.41, 5.74) is -0.220. The van der Waals surface area contributed by atoms with Gasteiger partial charge >= 0.3 is 18.1 Å². The molecule has 1 aromatic carbocycles. The van der Waals surface area contributed by atoms with Gasteiger partial charge in [-0.05, 0) is 44.9 Å². The van der Waals surface area contributed by atoms with E-state index in [0.717, 1.165) is 10.5 Å². The average molecular weight is 389 g/mol. The number of rotatable bonds is 3. The van der Waals surface area contributed by atoms with Gasteiger partial charge in [-0.25, -0.2) is 14.5 Å². The van der Waals surface area contributed by atoms with Crippen molar-refractivity contribution in [3.8, 4) is 0 Å². The third kappa shape index (κ3) is 3.51. The predicted octanol–water partition coefficient (Wildman–Crippen LogP) is 1.90. The molecule has 9 heteroatoms. The van der Waals surface area contributed by atoms with Crippen molar-refractivity contribution in [3.05, 3.63) is 29.3 Å². The summed E-state index contributed by atoms with van der Waals surface area (Å²) in [5, 5.41) is 5.12. The minimum absolute atomic E-state index is 0.279. The van der Waals surface area contributed by atoms with E-state index in [4.69, 9.17) is 9.47 Å². The second-order valence-electron chi connectivity index (χ2n) is 7.75. The normalized spacial score (nSPS) is 20.8. The smallest absolute Gasteiger partial charge is 0.418 e. The third-order valence-electron chi connectivity index (χ3n) is 4.55. The summed E-state index contributed by atoms with van der Waals surface area (Å²) < 4.78 is 10.7. The number of anilines is 1. The highest BCUT2D eigenvalue weighted by atomic mass is 16.6. The van der Waals surface area contributed by atoms with Gasteiger partial charge in [0.1, 0.15) is 12.1 Å². The predicted molar refractivity (Wildman–Crippen MR) is 98.6 cm³/mol. The Bertz CT molecular complexity index is 860. The molecule has 2 aliphatic rings. The summed E-state index contributed by atoms with van der Waals surface area (Å²) in [5.74, 6) is -1.26. The van der Waals surface area contributed by atoms with Crippen LogP contribution in [0.5, 0.6) is 0 Å². The fourth-order valence-corrected chi connectivity index (χ4v) is 3.43. The van der Waals surface area contributed by atoms with Gasteiger partial charge < -0.3 is 20.1 Å². The van der Waals surface area contributed by atoms with E-state index >= 15 is 0 Å². The van der Waals surface area contributed by atoms with Crippen LogP contribution in [-0.2, 0) is 31.1 Å². The molecule has 150 valence electrons. The van der Waals surface area contributed by atoms with Crippen LogP contribution in [0.2, 0.25) is 0 Å². The lowest BCUT2D eigenvalue weighted by Crippen LogP contribution is -2.41. The van der Waals surface area contributed by atoms with E-state index in [1.165, 1.54) is 7.05 Å². The Morgan fingerprint density at radius 3 is 2.64 bits per heavy atom. The summed E-state index contributed by atoms with van der Waals surface area (Å²) in [6.07, 6.45) is -0.0877. The highest BCUT2D eigenvalue weighted by Crippen LogP contribution is 2.46. The van der Waals surface area contributed by atoms with Gasteiger partial charge in [0.25, 0.3) is 5.91 Å². The number of nitrogens with one attached hydrogen (secondary N) is 2. The Balaban J connectivity index is 1.82. The van der Waals surface area contributed by atoms with Crippen LogP contribution in [0.25, 0.3) is 0 Å². The number of ether oxygens (including phenoxy) is 2. The first kappa shape index (κ1) is 19.7. The number of hydrogen-bond donors (Lipinski definition) is 2. The van der Waals surface area contributed by atoms with Crippen LogP contribution in [0.4, 0.5) is 15.3 Å². The minimum Gasteiger partial charge on any atom is -0.459 e. The Kier molecular flexibility index (Phi) is 4.78. The van der Waals surface area contributed by atoms with E-state index in [1.54, 1.807) is 39.0 Å². The van der Waals surface area contributed by atoms with Gasteiger partial charge in [0.2, 0.25) is 5.60 Å². The van der Waals surface area contributed by atoms with Gasteiger partial charge in [0.05, 0.1) is 0 Å². The van der Waals surface area contributed by atoms with Crippen molar-refractivity contribution in [2.45, 2.75) is 44.8 Å². The summed E-state index contributed by atoms with van der Waals surface area (Å²) in [6.45, 7) is 4.61. The number of carbonyl (C=O) groups excluding carboxylic acids is 4. The monoisotopic (exact) mass is 389 g/mol. The molecule has 1 saturated heterocycles. The van der Waals surface area contributed by atoms with Gasteiger partial charge in [0.15, 0.2) is 0 Å². The molecule has 1 fully saturated rings. The van der Waals surface area contributed by atoms with Crippen LogP contribution in [-0.4, -0.2) is 48.1 Å². The van der Waals surface area contributed by atoms with Crippen molar-refractivity contribution >= 4 is 29.7 Å². The van der Waals surface area contributed by atoms with Crippen molar-refractivity contribution in [2.24, 2.45) is 0 Å². The van der Waals surface area contributed by atoms with Crippen LogP contribution in [0.15, 0.2) is 18.2 Å². The molecule has 1 aliphatic heterocycles. The number of esters is 1. The first-order valence-electron chi connectivity index (χ1n) is 8.95. The first-order chi connectivity index (χ1) is 13.1. The van der Waals surface area contributed by atoms with Gasteiger partial charge in [-0.3, -0.25) is 9.59 Å². The zero-order chi connectivity index (χ0) is 20.7. The molecule has 1 aliphatic carbocycles. The average Bonchev–Trinajstić information content (AvgIpc) is 3.06. The van der Waals surface area contributed by atoms with Gasteiger partial charge in [-0.15, -0.1) is 0 Å². The second kappa shape index (κ2) is 6.81. The molecule has 1 spiro atoms. The minimum atomic E-state index is -1.43. The molecule has 0 radical (unpaired) electrons. The van der Waals surface area contributed by atoms with E-state index in [9.17, 15) is 19.2 Å². The molecular formula is C19H23N3O6. The standard InChI is InChI=1S/C19H23N3O6/c1-18(2,3)27-14(23)10-22-15(24)19(28-17(22)26)8-7-11-9-12(5-6-13(11)19)21-16(25)20-4/h5-6,9H,7-8,10H2,1-4H3,(H2,20,21,25)/t19-/m0/s1. The number of aryl methyl sites for hydroxylation is 1. The second-order valence-corrected chi connectivity index (χ2v) is 7.75. The molecule has 0 bridgehead atoms. The highest BCUT2D eigenvalue weighted by Gasteiger charge is 2.58. The third-order valence-corrected chi connectivity index (χ3v) is 4.55. The number of hydrogen-bond acceptors (Lipinski definition) is 6. The van der Waals surface area contributed by atoms with E-state index in [1.807, 2.05) is 0 Å². The quantitative estimate of drug-likeness (QED) is 0.763. The number of fused-ring (bicyclic) bond motifs is 2. The van der Waals surface area contributed by atoms with Crippen molar-refractivity contribution in [1.29, 1.82) is 0 Å². The molecule has 0 unspecified atom stereocenters. The summed E-state index contributed by atoms with van der Waals surface area (Å²) >= 11 is 0. The Morgan fingerprint density at radius 1 is 1.29 bits per heavy atom. The maximum Gasteiger partial charge on any atom is 0.418 e. The molecule has 0 saturated carbocycles. The fraction of sp³-hybridized carbons (Fsp3) is 0.474. The SMILES string of the molecule is CNC(=O)Nc1ccc2c(c1)CC[C@]21OC(=O)N(CC(=O)OC(C)(C)C)C1=O. The lowest BCUT2D eigenvalue weighted by molar-refractivity contribution is -0.157. The molecule has 3 rings (SSSR count). The Morgan fingerprint density at radius 2 is 2.00 bits per heavy atom. The van der Waals surface area contributed by atoms with Gasteiger partial charge in [-0.1, -0.05) is 6.07 Å². The van der Waals surface area contributed by atoms with Crippen molar-refractivity contribution < 1.29 is 28.7 Å². The largest absolute Gasteiger partial charge is 0.459 e. The molecule has 28 heavy (non-hydrogen) atoms. The number of carbonyl (C=O) groups is 4. The molecule has 0 aromatic heterocycles. The van der Waals surface area contributed by atoms with E-state index < -0.39 is 35.7 Å². The molecule has 1 aromatic rings. The zero-order valence-electron chi connectivity index (χ0n) is 16.3. The number of urea groups is 1. The number of amides is 4. The molecule has 1 atom stereocenters. The van der Waals surface area contributed by atoms with Crippen LogP contribution < -0.4 is 10.6 Å². The Hall–Kier alpha value is -3.10. The Labute approximate surface area is 162 Å². The van der Waals surface area contributed by atoms with E-state index in [0.29, 0.717) is 17.7 Å².